The fraction of sp³-hybridized carbons (Fsp3) is 0.750. The van der Waals surface area contributed by atoms with Gasteiger partial charge in [-0.05, 0) is 0 Å². The molecule has 0 aromatic rings. The summed E-state index contributed by atoms with van der Waals surface area (Å²) in [5.74, 6) is 0.144. The molecule has 0 saturated carbocycles. The van der Waals surface area contributed by atoms with Gasteiger partial charge in [0.2, 0.25) is 5.91 Å². The van der Waals surface area contributed by atoms with Gasteiger partial charge in [0.1, 0.15) is 0 Å². The minimum atomic E-state index is 0.144. The van der Waals surface area contributed by atoms with Gasteiger partial charge in [0.05, 0.1) is 6.61 Å². The van der Waals surface area contributed by atoms with E-state index in [4.69, 9.17) is 4.74 Å². The molecule has 0 bridgehead atoms. The van der Waals surface area contributed by atoms with Crippen molar-refractivity contribution in [3.8, 4) is 0 Å². The third-order valence-electron chi connectivity index (χ3n) is 2.16. The summed E-state index contributed by atoms with van der Waals surface area (Å²) in [5, 5.41) is 3.22. The minimum absolute atomic E-state index is 0.144. The first-order valence-corrected chi connectivity index (χ1v) is 5.72. The molecule has 1 N–H and O–H groups in total. The predicted octanol–water partition coefficient (Wildman–Crippen LogP) is 1.04. The van der Waals surface area contributed by atoms with E-state index in [0.29, 0.717) is 32.2 Å². The van der Waals surface area contributed by atoms with Crippen LogP contribution in [0.5, 0.6) is 0 Å². The molecule has 0 atom stereocenters. The normalized spacial score (nSPS) is 10.5. The molecule has 0 aromatic carbocycles. The molecule has 4 heteroatoms. The van der Waals surface area contributed by atoms with E-state index in [0.717, 1.165) is 6.54 Å². The quantitative estimate of drug-likeness (QED) is 0.599. The molecule has 0 saturated heterocycles. The molecule has 94 valence electrons. The summed E-state index contributed by atoms with van der Waals surface area (Å²) in [4.78, 5) is 13.6. The Morgan fingerprint density at radius 3 is 2.75 bits per heavy atom. The average Bonchev–Trinajstić information content (AvgIpc) is 2.23. The van der Waals surface area contributed by atoms with Crippen LogP contribution in [0.15, 0.2) is 12.7 Å². The van der Waals surface area contributed by atoms with Gasteiger partial charge in [-0.25, -0.2) is 0 Å². The predicted molar refractivity (Wildman–Crippen MR) is 66.4 cm³/mol. The average molecular weight is 228 g/mol. The lowest BCUT2D eigenvalue weighted by molar-refractivity contribution is -0.131. The number of carbonyl (C=O) groups is 1. The number of nitrogens with one attached hydrogen (secondary N) is 1. The molecule has 0 aliphatic carbocycles. The Balaban J connectivity index is 3.90. The second kappa shape index (κ2) is 9.36. The zero-order valence-electron chi connectivity index (χ0n) is 10.7. The number of rotatable bonds is 9. The van der Waals surface area contributed by atoms with Gasteiger partial charge in [-0.3, -0.25) is 4.79 Å². The first-order chi connectivity index (χ1) is 7.61. The molecule has 0 rings (SSSR count). The number of ether oxygens (including phenoxy) is 1. The third-order valence-corrected chi connectivity index (χ3v) is 2.16. The lowest BCUT2D eigenvalue weighted by Crippen LogP contribution is -2.36. The van der Waals surface area contributed by atoms with Gasteiger partial charge in [0.15, 0.2) is 0 Å². The van der Waals surface area contributed by atoms with Crippen LogP contribution in [0.1, 0.15) is 20.3 Å². The maximum Gasteiger partial charge on any atom is 0.224 e. The van der Waals surface area contributed by atoms with Crippen molar-refractivity contribution in [2.45, 2.75) is 26.3 Å². The summed E-state index contributed by atoms with van der Waals surface area (Å²) in [6.07, 6.45) is 2.26. The zero-order chi connectivity index (χ0) is 12.4. The Kier molecular flexibility index (Phi) is 8.85. The van der Waals surface area contributed by atoms with Crippen molar-refractivity contribution in [2.75, 3.05) is 33.4 Å². The number of hydrogen-bond donors (Lipinski definition) is 1. The lowest BCUT2D eigenvalue weighted by atomic mass is 10.3. The summed E-state index contributed by atoms with van der Waals surface area (Å²) in [5.41, 5.74) is 0. The molecule has 4 nitrogen and oxygen atoms in total. The number of methoxy groups -OCH3 is 1. The molecule has 1 amide bonds. The van der Waals surface area contributed by atoms with Crippen molar-refractivity contribution in [3.05, 3.63) is 12.7 Å². The fourth-order valence-electron chi connectivity index (χ4n) is 1.30. The van der Waals surface area contributed by atoms with Crippen molar-refractivity contribution in [3.63, 3.8) is 0 Å². The van der Waals surface area contributed by atoms with Crippen molar-refractivity contribution >= 4 is 5.91 Å². The van der Waals surface area contributed by atoms with Gasteiger partial charge in [0, 0.05) is 39.2 Å². The van der Waals surface area contributed by atoms with Crippen LogP contribution in [0.4, 0.5) is 0 Å². The summed E-state index contributed by atoms with van der Waals surface area (Å²) in [6.45, 7) is 10.3. The summed E-state index contributed by atoms with van der Waals surface area (Å²) < 4.78 is 4.97. The number of carbonyl (C=O) groups excluding carboxylic acids is 1. The smallest absolute Gasteiger partial charge is 0.224 e. The Labute approximate surface area is 98.6 Å². The Morgan fingerprint density at radius 1 is 1.56 bits per heavy atom. The van der Waals surface area contributed by atoms with Gasteiger partial charge in [-0.2, -0.15) is 0 Å². The molecule has 0 fully saturated rings. The second-order valence-corrected chi connectivity index (χ2v) is 3.98. The van der Waals surface area contributed by atoms with E-state index in [1.807, 2.05) is 0 Å². The Morgan fingerprint density at radius 2 is 2.25 bits per heavy atom. The fourth-order valence-corrected chi connectivity index (χ4v) is 1.30. The molecule has 0 unspecified atom stereocenters. The Hall–Kier alpha value is -0.870. The van der Waals surface area contributed by atoms with E-state index in [9.17, 15) is 4.79 Å². The SMILES string of the molecule is C=CCN(CCOC)C(=O)CCNC(C)C. The standard InChI is InChI=1S/C12H24N2O2/c1-5-8-14(9-10-16-4)12(15)6-7-13-11(2)3/h5,11,13H,1,6-10H2,2-4H3. The summed E-state index contributed by atoms with van der Waals surface area (Å²) >= 11 is 0. The van der Waals surface area contributed by atoms with Crippen LogP contribution in [0.25, 0.3) is 0 Å². The maximum atomic E-state index is 11.8. The van der Waals surface area contributed by atoms with Crippen molar-refractivity contribution in [1.82, 2.24) is 10.2 Å². The minimum Gasteiger partial charge on any atom is -0.383 e. The van der Waals surface area contributed by atoms with Crippen LogP contribution >= 0.6 is 0 Å². The van der Waals surface area contributed by atoms with Gasteiger partial charge in [0.25, 0.3) is 0 Å². The second-order valence-electron chi connectivity index (χ2n) is 3.98. The highest BCUT2D eigenvalue weighted by Gasteiger charge is 2.11. The van der Waals surface area contributed by atoms with Crippen molar-refractivity contribution in [1.29, 1.82) is 0 Å². The first kappa shape index (κ1) is 15.1. The van der Waals surface area contributed by atoms with Gasteiger partial charge in [-0.15, -0.1) is 6.58 Å². The van der Waals surface area contributed by atoms with Crippen LogP contribution in [0.3, 0.4) is 0 Å². The van der Waals surface area contributed by atoms with E-state index in [1.54, 1.807) is 18.1 Å². The van der Waals surface area contributed by atoms with E-state index in [-0.39, 0.29) is 5.91 Å². The van der Waals surface area contributed by atoms with E-state index >= 15 is 0 Å². The largest absolute Gasteiger partial charge is 0.383 e. The molecule has 0 aliphatic rings. The molecular weight excluding hydrogens is 204 g/mol. The van der Waals surface area contributed by atoms with Crippen LogP contribution < -0.4 is 5.32 Å². The molecule has 0 aromatic heterocycles. The highest BCUT2D eigenvalue weighted by atomic mass is 16.5. The monoisotopic (exact) mass is 228 g/mol. The van der Waals surface area contributed by atoms with E-state index < -0.39 is 0 Å². The van der Waals surface area contributed by atoms with Crippen LogP contribution in [-0.4, -0.2) is 50.2 Å². The highest BCUT2D eigenvalue weighted by Crippen LogP contribution is 1.95. The molecule has 0 heterocycles. The summed E-state index contributed by atoms with van der Waals surface area (Å²) in [6, 6.07) is 0.416. The molecule has 0 aliphatic heterocycles. The molecule has 16 heavy (non-hydrogen) atoms. The molecular formula is C12H24N2O2. The van der Waals surface area contributed by atoms with Gasteiger partial charge in [-0.1, -0.05) is 19.9 Å². The maximum absolute atomic E-state index is 11.8. The third kappa shape index (κ3) is 7.43. The van der Waals surface area contributed by atoms with Crippen LogP contribution in [0, 0.1) is 0 Å². The highest BCUT2D eigenvalue weighted by molar-refractivity contribution is 5.76. The van der Waals surface area contributed by atoms with Crippen LogP contribution in [-0.2, 0) is 9.53 Å². The number of hydrogen-bond acceptors (Lipinski definition) is 3. The summed E-state index contributed by atoms with van der Waals surface area (Å²) in [7, 11) is 1.64. The lowest BCUT2D eigenvalue weighted by Gasteiger charge is -2.21. The van der Waals surface area contributed by atoms with Crippen molar-refractivity contribution in [2.24, 2.45) is 0 Å². The van der Waals surface area contributed by atoms with E-state index in [2.05, 4.69) is 25.7 Å². The zero-order valence-corrected chi connectivity index (χ0v) is 10.7. The van der Waals surface area contributed by atoms with E-state index in [1.165, 1.54) is 0 Å². The van der Waals surface area contributed by atoms with Gasteiger partial charge >= 0.3 is 0 Å². The molecule has 0 spiro atoms. The number of amides is 1. The topological polar surface area (TPSA) is 41.6 Å². The van der Waals surface area contributed by atoms with Gasteiger partial charge < -0.3 is 15.0 Å². The van der Waals surface area contributed by atoms with Crippen LogP contribution in [0.2, 0.25) is 0 Å². The Bertz CT molecular complexity index is 205. The molecule has 0 radical (unpaired) electrons. The number of nitrogens with zero attached hydrogens (tertiary/aromatic N) is 1. The van der Waals surface area contributed by atoms with Crippen molar-refractivity contribution < 1.29 is 9.53 Å². The first-order valence-electron chi connectivity index (χ1n) is 5.72.